The number of Topliss-reactive ketones (excluding diaryl/α,β-unsaturated/α-hetero) is 1. The molecule has 3 aromatic heterocycles. The molecule has 1 amide bonds. The summed E-state index contributed by atoms with van der Waals surface area (Å²) in [7, 11) is 0. The van der Waals surface area contributed by atoms with Crippen LogP contribution in [0.5, 0.6) is 0 Å². The van der Waals surface area contributed by atoms with E-state index in [4.69, 9.17) is 0 Å². The number of ketones is 1. The lowest BCUT2D eigenvalue weighted by Gasteiger charge is -2.03. The highest BCUT2D eigenvalue weighted by molar-refractivity contribution is 7.09. The predicted molar refractivity (Wildman–Crippen MR) is 114 cm³/mol. The van der Waals surface area contributed by atoms with Crippen molar-refractivity contribution in [2.24, 2.45) is 0 Å². The number of anilines is 1. The molecular weight excluding hydrogens is 400 g/mol. The van der Waals surface area contributed by atoms with Crippen LogP contribution in [0.4, 0.5) is 5.95 Å². The number of carbonyl (C=O) groups excluding carboxylic acids is 2. The predicted octanol–water partition coefficient (Wildman–Crippen LogP) is 3.64. The first-order valence-electron chi connectivity index (χ1n) is 9.10. The number of benzene rings is 2. The molecule has 0 atom stereocenters. The molecule has 0 bridgehead atoms. The van der Waals surface area contributed by atoms with Gasteiger partial charge in [-0.25, -0.2) is 4.98 Å². The lowest BCUT2D eigenvalue weighted by atomic mass is 10.1. The van der Waals surface area contributed by atoms with Crippen molar-refractivity contribution in [1.82, 2.24) is 25.1 Å². The smallest absolute Gasteiger partial charge is 0.276 e. The highest BCUT2D eigenvalue weighted by Gasteiger charge is 2.17. The Bertz CT molecular complexity index is 1390. The summed E-state index contributed by atoms with van der Waals surface area (Å²) in [5.74, 6) is -0.249. The fourth-order valence-corrected chi connectivity index (χ4v) is 3.73. The average Bonchev–Trinajstić information content (AvgIpc) is 3.42. The molecule has 30 heavy (non-hydrogen) atoms. The minimum atomic E-state index is -0.387. The Balaban J connectivity index is 1.42. The van der Waals surface area contributed by atoms with E-state index < -0.39 is 0 Å². The summed E-state index contributed by atoms with van der Waals surface area (Å²) in [4.78, 5) is 37.0. The molecular formula is C21H14N6O2S. The third-order valence-corrected chi connectivity index (χ3v) is 5.32. The van der Waals surface area contributed by atoms with Crippen molar-refractivity contribution in [3.05, 3.63) is 76.5 Å². The Morgan fingerprint density at radius 3 is 2.77 bits per heavy atom. The normalized spacial score (nSPS) is 11.1. The van der Waals surface area contributed by atoms with Gasteiger partial charge in [-0.05, 0) is 23.6 Å². The van der Waals surface area contributed by atoms with Crippen LogP contribution in [0, 0.1) is 0 Å². The zero-order chi connectivity index (χ0) is 20.5. The molecule has 0 radical (unpaired) electrons. The van der Waals surface area contributed by atoms with Crippen LogP contribution < -0.4 is 5.32 Å². The van der Waals surface area contributed by atoms with E-state index in [0.29, 0.717) is 21.6 Å². The number of amides is 1. The zero-order valence-corrected chi connectivity index (χ0v) is 16.3. The number of rotatable bonds is 5. The molecule has 0 aliphatic heterocycles. The van der Waals surface area contributed by atoms with Gasteiger partial charge in [-0.15, -0.1) is 21.5 Å². The number of aromatic nitrogens is 5. The largest absolute Gasteiger partial charge is 0.324 e. The molecule has 2 N–H and O–H groups in total. The van der Waals surface area contributed by atoms with Crippen molar-refractivity contribution < 1.29 is 9.59 Å². The Kier molecular flexibility index (Phi) is 4.49. The van der Waals surface area contributed by atoms with E-state index in [-0.39, 0.29) is 29.8 Å². The molecule has 146 valence electrons. The number of carbonyl (C=O) groups is 2. The summed E-state index contributed by atoms with van der Waals surface area (Å²) in [6, 6.07) is 14.7. The highest BCUT2D eigenvalue weighted by Crippen LogP contribution is 2.21. The number of fused-ring (bicyclic) bond motifs is 2. The van der Waals surface area contributed by atoms with Gasteiger partial charge in [0.05, 0.1) is 11.9 Å². The van der Waals surface area contributed by atoms with Crippen LogP contribution in [0.2, 0.25) is 0 Å². The summed E-state index contributed by atoms with van der Waals surface area (Å²) >= 11 is 1.33. The first-order valence-corrected chi connectivity index (χ1v) is 9.98. The molecule has 9 heteroatoms. The van der Waals surface area contributed by atoms with Gasteiger partial charge in [0.1, 0.15) is 21.7 Å². The SMILES string of the molecule is O=C(Nc1nc2c(C(=O)Cc3nncs3)cccc2[nH]1)c1cc2ccccc2cn1. The van der Waals surface area contributed by atoms with E-state index in [2.05, 4.69) is 30.5 Å². The maximum atomic E-state index is 12.7. The molecule has 8 nitrogen and oxygen atoms in total. The summed E-state index contributed by atoms with van der Waals surface area (Å²) in [6.07, 6.45) is 1.81. The summed E-state index contributed by atoms with van der Waals surface area (Å²) in [5.41, 5.74) is 3.48. The van der Waals surface area contributed by atoms with E-state index in [1.54, 1.807) is 36.0 Å². The zero-order valence-electron chi connectivity index (χ0n) is 15.5. The van der Waals surface area contributed by atoms with Gasteiger partial charge in [-0.2, -0.15) is 0 Å². The van der Waals surface area contributed by atoms with Crippen LogP contribution in [-0.4, -0.2) is 36.8 Å². The van der Waals surface area contributed by atoms with Gasteiger partial charge in [0, 0.05) is 17.1 Å². The van der Waals surface area contributed by atoms with Gasteiger partial charge in [0.25, 0.3) is 5.91 Å². The first-order chi connectivity index (χ1) is 14.7. The summed E-state index contributed by atoms with van der Waals surface area (Å²) < 4.78 is 0. The molecule has 2 aromatic carbocycles. The van der Waals surface area contributed by atoms with Gasteiger partial charge >= 0.3 is 0 Å². The number of hydrogen-bond acceptors (Lipinski definition) is 7. The van der Waals surface area contributed by atoms with Crippen LogP contribution in [-0.2, 0) is 6.42 Å². The topological polar surface area (TPSA) is 114 Å². The van der Waals surface area contributed by atoms with E-state index in [9.17, 15) is 9.59 Å². The highest BCUT2D eigenvalue weighted by atomic mass is 32.1. The molecule has 0 spiro atoms. The molecule has 0 saturated carbocycles. The van der Waals surface area contributed by atoms with Crippen molar-refractivity contribution in [3.8, 4) is 0 Å². The standard InChI is InChI=1S/C21H14N6O2S/c28-17(9-18-27-23-11-30-18)14-6-3-7-15-19(14)25-21(24-15)26-20(29)16-8-12-4-1-2-5-13(12)10-22-16/h1-8,10-11H,9H2,(H2,24,25,26,29). The molecule has 0 unspecified atom stereocenters. The molecule has 3 heterocycles. The first kappa shape index (κ1) is 18.1. The van der Waals surface area contributed by atoms with E-state index in [0.717, 1.165) is 10.8 Å². The van der Waals surface area contributed by atoms with E-state index in [1.807, 2.05) is 24.3 Å². The molecule has 0 saturated heterocycles. The van der Waals surface area contributed by atoms with E-state index in [1.165, 1.54) is 11.3 Å². The molecule has 0 aliphatic rings. The lowest BCUT2D eigenvalue weighted by molar-refractivity contribution is 0.0992. The number of nitrogens with zero attached hydrogens (tertiary/aromatic N) is 4. The van der Waals surface area contributed by atoms with Crippen molar-refractivity contribution in [2.75, 3.05) is 5.32 Å². The Morgan fingerprint density at radius 2 is 1.93 bits per heavy atom. The van der Waals surface area contributed by atoms with E-state index >= 15 is 0 Å². The monoisotopic (exact) mass is 414 g/mol. The molecule has 5 aromatic rings. The van der Waals surface area contributed by atoms with Crippen molar-refractivity contribution >= 4 is 50.8 Å². The third kappa shape index (κ3) is 3.42. The maximum Gasteiger partial charge on any atom is 0.276 e. The summed E-state index contributed by atoms with van der Waals surface area (Å²) in [6.45, 7) is 0. The molecule has 0 aliphatic carbocycles. The molecule has 0 fully saturated rings. The van der Waals surface area contributed by atoms with Gasteiger partial charge in [0.2, 0.25) is 5.95 Å². The Hall–Kier alpha value is -3.98. The minimum absolute atomic E-state index is 0.113. The van der Waals surface area contributed by atoms with Crippen molar-refractivity contribution in [3.63, 3.8) is 0 Å². The van der Waals surface area contributed by atoms with Crippen LogP contribution >= 0.6 is 11.3 Å². The molecule has 5 rings (SSSR count). The average molecular weight is 414 g/mol. The second-order valence-electron chi connectivity index (χ2n) is 6.59. The second-order valence-corrected chi connectivity index (χ2v) is 7.51. The number of H-pyrrole nitrogens is 1. The van der Waals surface area contributed by atoms with Crippen LogP contribution in [0.15, 0.2) is 60.2 Å². The van der Waals surface area contributed by atoms with Crippen LogP contribution in [0.25, 0.3) is 21.8 Å². The number of hydrogen-bond donors (Lipinski definition) is 2. The minimum Gasteiger partial charge on any atom is -0.324 e. The lowest BCUT2D eigenvalue weighted by Crippen LogP contribution is -2.14. The Morgan fingerprint density at radius 1 is 1.07 bits per heavy atom. The third-order valence-electron chi connectivity index (χ3n) is 4.63. The second kappa shape index (κ2) is 7.45. The fraction of sp³-hybridized carbons (Fsp3) is 0.0476. The number of para-hydroxylation sites is 1. The number of pyridine rings is 1. The van der Waals surface area contributed by atoms with Crippen molar-refractivity contribution in [2.45, 2.75) is 6.42 Å². The van der Waals surface area contributed by atoms with Gasteiger partial charge in [-0.1, -0.05) is 30.3 Å². The summed E-state index contributed by atoms with van der Waals surface area (Å²) in [5, 5.41) is 12.9. The maximum absolute atomic E-state index is 12.7. The number of aromatic amines is 1. The van der Waals surface area contributed by atoms with Crippen molar-refractivity contribution in [1.29, 1.82) is 0 Å². The number of nitrogens with one attached hydrogen (secondary N) is 2. The Labute approximate surface area is 174 Å². The van der Waals surface area contributed by atoms with Gasteiger partial charge in [-0.3, -0.25) is 19.9 Å². The van der Waals surface area contributed by atoms with Crippen LogP contribution in [0.3, 0.4) is 0 Å². The number of imidazole rings is 1. The fourth-order valence-electron chi connectivity index (χ4n) is 3.20. The van der Waals surface area contributed by atoms with Crippen LogP contribution in [0.1, 0.15) is 25.9 Å². The quantitative estimate of drug-likeness (QED) is 0.425. The van der Waals surface area contributed by atoms with Gasteiger partial charge < -0.3 is 4.98 Å². The van der Waals surface area contributed by atoms with Gasteiger partial charge in [0.15, 0.2) is 5.78 Å².